The predicted octanol–water partition coefficient (Wildman–Crippen LogP) is 3.29. The molecule has 0 aliphatic carbocycles. The first-order valence-corrected chi connectivity index (χ1v) is 5.17. The van der Waals surface area contributed by atoms with Crippen molar-refractivity contribution in [2.24, 2.45) is 0 Å². The maximum Gasteiger partial charge on any atom is -0.00142 e. The number of hydrogen-bond acceptors (Lipinski definition) is 1. The van der Waals surface area contributed by atoms with Crippen molar-refractivity contribution in [2.45, 2.75) is 40.0 Å². The molecule has 0 radical (unpaired) electrons. The Morgan fingerprint density at radius 2 is 2.00 bits per heavy atom. The van der Waals surface area contributed by atoms with Crippen LogP contribution in [0.2, 0.25) is 0 Å². The van der Waals surface area contributed by atoms with E-state index in [1.54, 1.807) is 0 Å². The van der Waals surface area contributed by atoms with E-state index in [0.717, 1.165) is 25.9 Å². The molecule has 0 atom stereocenters. The summed E-state index contributed by atoms with van der Waals surface area (Å²) < 4.78 is 0. The summed E-state index contributed by atoms with van der Waals surface area (Å²) >= 11 is 0. The van der Waals surface area contributed by atoms with Crippen molar-refractivity contribution < 1.29 is 0 Å². The summed E-state index contributed by atoms with van der Waals surface area (Å²) in [6.45, 7) is 12.6. The van der Waals surface area contributed by atoms with Gasteiger partial charge in [0, 0.05) is 0 Å². The van der Waals surface area contributed by atoms with E-state index in [2.05, 4.69) is 38.7 Å². The summed E-state index contributed by atoms with van der Waals surface area (Å²) in [5, 5.41) is 3.38. The maximum absolute atomic E-state index is 3.90. The molecule has 0 saturated heterocycles. The summed E-state index contributed by atoms with van der Waals surface area (Å²) in [5.74, 6) is 0. The van der Waals surface area contributed by atoms with Gasteiger partial charge >= 0.3 is 0 Å². The average Bonchev–Trinajstić information content (AvgIpc) is 2.02. The second-order valence-corrected chi connectivity index (χ2v) is 3.72. The summed E-state index contributed by atoms with van der Waals surface area (Å²) in [6, 6.07) is 0. The van der Waals surface area contributed by atoms with Gasteiger partial charge in [-0.2, -0.15) is 0 Å². The van der Waals surface area contributed by atoms with Crippen LogP contribution in [0.3, 0.4) is 0 Å². The van der Waals surface area contributed by atoms with Crippen molar-refractivity contribution >= 4 is 0 Å². The number of allylic oxidation sites excluding steroid dienone is 2. The Morgan fingerprint density at radius 1 is 1.31 bits per heavy atom. The third kappa shape index (κ3) is 9.35. The number of nitrogens with one attached hydrogen (secondary N) is 1. The molecule has 0 aliphatic heterocycles. The standard InChI is InChI=1S/C12H23N/c1-5-8-13-9-6-7-12(4)10-11(2)3/h7,13H,2,5-6,8-10H2,1,3-4H3. The van der Waals surface area contributed by atoms with E-state index in [1.807, 2.05) is 0 Å². The van der Waals surface area contributed by atoms with Gasteiger partial charge in [0.25, 0.3) is 0 Å². The molecule has 1 nitrogen and oxygen atoms in total. The molecule has 0 fully saturated rings. The first-order chi connectivity index (χ1) is 6.16. The molecule has 0 rings (SSSR count). The van der Waals surface area contributed by atoms with Gasteiger partial charge in [-0.3, -0.25) is 0 Å². The van der Waals surface area contributed by atoms with Gasteiger partial charge in [0.15, 0.2) is 0 Å². The highest BCUT2D eigenvalue weighted by Crippen LogP contribution is 2.07. The van der Waals surface area contributed by atoms with Crippen LogP contribution >= 0.6 is 0 Å². The monoisotopic (exact) mass is 181 g/mol. The molecular formula is C12H23N. The summed E-state index contributed by atoms with van der Waals surface area (Å²) in [5.41, 5.74) is 2.68. The largest absolute Gasteiger partial charge is 0.316 e. The highest BCUT2D eigenvalue weighted by atomic mass is 14.8. The maximum atomic E-state index is 3.90. The van der Waals surface area contributed by atoms with E-state index in [-0.39, 0.29) is 0 Å². The molecule has 0 aromatic carbocycles. The van der Waals surface area contributed by atoms with E-state index >= 15 is 0 Å². The minimum atomic E-state index is 1.05. The Kier molecular flexibility index (Phi) is 7.71. The minimum absolute atomic E-state index is 1.05. The van der Waals surface area contributed by atoms with Gasteiger partial charge in [-0.1, -0.05) is 30.7 Å². The summed E-state index contributed by atoms with van der Waals surface area (Å²) in [7, 11) is 0. The van der Waals surface area contributed by atoms with E-state index < -0.39 is 0 Å². The van der Waals surface area contributed by atoms with Crippen molar-refractivity contribution in [2.75, 3.05) is 13.1 Å². The van der Waals surface area contributed by atoms with Crippen LogP contribution in [-0.2, 0) is 0 Å². The Labute approximate surface area is 82.9 Å². The average molecular weight is 181 g/mol. The van der Waals surface area contributed by atoms with Crippen LogP contribution in [0.15, 0.2) is 23.8 Å². The zero-order chi connectivity index (χ0) is 10.1. The highest BCUT2D eigenvalue weighted by Gasteiger charge is 1.89. The molecule has 0 aromatic rings. The Morgan fingerprint density at radius 3 is 2.54 bits per heavy atom. The van der Waals surface area contributed by atoms with Crippen molar-refractivity contribution in [3.05, 3.63) is 23.8 Å². The van der Waals surface area contributed by atoms with Crippen LogP contribution in [0.25, 0.3) is 0 Å². The molecule has 0 aliphatic rings. The van der Waals surface area contributed by atoms with Gasteiger partial charge in [-0.25, -0.2) is 0 Å². The van der Waals surface area contributed by atoms with Crippen LogP contribution in [0.1, 0.15) is 40.0 Å². The fourth-order valence-electron chi connectivity index (χ4n) is 1.27. The van der Waals surface area contributed by atoms with Gasteiger partial charge in [0.2, 0.25) is 0 Å². The van der Waals surface area contributed by atoms with Crippen LogP contribution in [0.5, 0.6) is 0 Å². The SMILES string of the molecule is C=C(C)CC(C)=CCCNCCC. The lowest BCUT2D eigenvalue weighted by atomic mass is 10.1. The predicted molar refractivity (Wildman–Crippen MR) is 61.0 cm³/mol. The van der Waals surface area contributed by atoms with Crippen LogP contribution in [0, 0.1) is 0 Å². The molecule has 1 heteroatoms. The molecule has 0 amide bonds. The molecule has 0 bridgehead atoms. The van der Waals surface area contributed by atoms with Crippen LogP contribution in [0.4, 0.5) is 0 Å². The Balaban J connectivity index is 3.42. The number of hydrogen-bond donors (Lipinski definition) is 1. The quantitative estimate of drug-likeness (QED) is 0.469. The first-order valence-electron chi connectivity index (χ1n) is 5.17. The minimum Gasteiger partial charge on any atom is -0.316 e. The van der Waals surface area contributed by atoms with Crippen LogP contribution < -0.4 is 5.32 Å². The molecule has 0 aromatic heterocycles. The molecule has 76 valence electrons. The second-order valence-electron chi connectivity index (χ2n) is 3.72. The summed E-state index contributed by atoms with van der Waals surface area (Å²) in [6.07, 6.45) is 5.71. The van der Waals surface area contributed by atoms with Crippen LogP contribution in [-0.4, -0.2) is 13.1 Å². The third-order valence-electron chi connectivity index (χ3n) is 1.82. The van der Waals surface area contributed by atoms with E-state index in [4.69, 9.17) is 0 Å². The first kappa shape index (κ1) is 12.4. The van der Waals surface area contributed by atoms with Gasteiger partial charge in [-0.05, 0) is 46.2 Å². The van der Waals surface area contributed by atoms with Gasteiger partial charge in [-0.15, -0.1) is 0 Å². The molecular weight excluding hydrogens is 158 g/mol. The topological polar surface area (TPSA) is 12.0 Å². The van der Waals surface area contributed by atoms with E-state index in [0.29, 0.717) is 0 Å². The fourth-order valence-corrected chi connectivity index (χ4v) is 1.27. The summed E-state index contributed by atoms with van der Waals surface area (Å²) in [4.78, 5) is 0. The van der Waals surface area contributed by atoms with E-state index in [1.165, 1.54) is 17.6 Å². The molecule has 1 N–H and O–H groups in total. The molecule has 0 spiro atoms. The van der Waals surface area contributed by atoms with Crippen molar-refractivity contribution in [3.8, 4) is 0 Å². The Bertz CT molecular complexity index is 168. The zero-order valence-corrected chi connectivity index (χ0v) is 9.32. The smallest absolute Gasteiger partial charge is 0.00142 e. The van der Waals surface area contributed by atoms with E-state index in [9.17, 15) is 0 Å². The highest BCUT2D eigenvalue weighted by molar-refractivity contribution is 5.08. The van der Waals surface area contributed by atoms with Gasteiger partial charge in [0.05, 0.1) is 0 Å². The number of rotatable bonds is 7. The lowest BCUT2D eigenvalue weighted by Crippen LogP contribution is -2.15. The van der Waals surface area contributed by atoms with Crippen molar-refractivity contribution in [1.82, 2.24) is 5.32 Å². The molecule has 0 unspecified atom stereocenters. The lowest BCUT2D eigenvalue weighted by molar-refractivity contribution is 0.677. The van der Waals surface area contributed by atoms with Crippen molar-refractivity contribution in [3.63, 3.8) is 0 Å². The molecule has 0 saturated carbocycles. The lowest BCUT2D eigenvalue weighted by Gasteiger charge is -2.02. The Hall–Kier alpha value is -0.560. The molecule has 0 heterocycles. The fraction of sp³-hybridized carbons (Fsp3) is 0.667. The second kappa shape index (κ2) is 8.06. The third-order valence-corrected chi connectivity index (χ3v) is 1.82. The van der Waals surface area contributed by atoms with Gasteiger partial charge < -0.3 is 5.32 Å². The normalized spacial score (nSPS) is 11.8. The zero-order valence-electron chi connectivity index (χ0n) is 9.32. The van der Waals surface area contributed by atoms with Crippen molar-refractivity contribution in [1.29, 1.82) is 0 Å². The molecule has 13 heavy (non-hydrogen) atoms. The van der Waals surface area contributed by atoms with Gasteiger partial charge in [0.1, 0.15) is 0 Å².